The van der Waals surface area contributed by atoms with Crippen molar-refractivity contribution in [1.82, 2.24) is 0 Å². The molecule has 1 aromatic carbocycles. The fourth-order valence-electron chi connectivity index (χ4n) is 2.10. The molecule has 0 amide bonds. The van der Waals surface area contributed by atoms with Gasteiger partial charge in [0.2, 0.25) is 0 Å². The quantitative estimate of drug-likeness (QED) is 0.467. The number of methoxy groups -OCH3 is 1. The van der Waals surface area contributed by atoms with Crippen LogP contribution < -0.4 is 10.1 Å². The van der Waals surface area contributed by atoms with E-state index in [-0.39, 0.29) is 0 Å². The van der Waals surface area contributed by atoms with Crippen molar-refractivity contribution in [3.63, 3.8) is 0 Å². The Hall–Kier alpha value is -1.38. The Bertz CT molecular complexity index is 425. The normalized spacial score (nSPS) is 31.1. The number of hydrogen-bond acceptors (Lipinski definition) is 7. The van der Waals surface area contributed by atoms with Crippen LogP contribution in [0.15, 0.2) is 24.3 Å². The van der Waals surface area contributed by atoms with Gasteiger partial charge in [0.05, 0.1) is 13.7 Å². The van der Waals surface area contributed by atoms with E-state index < -0.39 is 37.3 Å². The van der Waals surface area contributed by atoms with Gasteiger partial charge in [0.25, 0.3) is 0 Å². The van der Waals surface area contributed by atoms with E-state index >= 15 is 0 Å². The average molecular weight is 285 g/mol. The lowest BCUT2D eigenvalue weighted by molar-refractivity contribution is -0.0774. The Morgan fingerprint density at radius 1 is 1.25 bits per heavy atom. The molecule has 7 nitrogen and oxygen atoms in total. The Labute approximate surface area is 116 Å². The minimum Gasteiger partial charge on any atom is -0.497 e. The number of hydrogen-bond donors (Lipinski definition) is 5. The van der Waals surface area contributed by atoms with Crippen LogP contribution in [0.3, 0.4) is 0 Å². The summed E-state index contributed by atoms with van der Waals surface area (Å²) in [5, 5.41) is 40.9. The van der Waals surface area contributed by atoms with Gasteiger partial charge < -0.3 is 35.2 Å². The molecule has 1 heterocycles. The number of ether oxygens (including phenoxy) is 2. The van der Waals surface area contributed by atoms with Crippen LogP contribution in [0, 0.1) is 0 Å². The van der Waals surface area contributed by atoms with Gasteiger partial charge in [-0.3, -0.25) is 0 Å². The van der Waals surface area contributed by atoms with Gasteiger partial charge in [-0.2, -0.15) is 0 Å². The largest absolute Gasteiger partial charge is 0.497 e. The zero-order chi connectivity index (χ0) is 14.7. The summed E-state index contributed by atoms with van der Waals surface area (Å²) < 4.78 is 10.4. The van der Waals surface area contributed by atoms with E-state index in [0.717, 1.165) is 0 Å². The molecule has 112 valence electrons. The number of anilines is 1. The van der Waals surface area contributed by atoms with Gasteiger partial charge in [0.1, 0.15) is 30.2 Å². The molecule has 2 rings (SSSR count). The summed E-state index contributed by atoms with van der Waals surface area (Å²) in [5.74, 6) is 0.692. The van der Waals surface area contributed by atoms with Crippen molar-refractivity contribution in [1.29, 1.82) is 0 Å². The SMILES string of the molecule is COc1ccc(N[C@@H]2O[C@@H]([C@H](O)CO)[C@@H](O)[C@H]2O)cc1. The monoisotopic (exact) mass is 285 g/mol. The average Bonchev–Trinajstić information content (AvgIpc) is 2.76. The molecule has 0 saturated carbocycles. The topological polar surface area (TPSA) is 111 Å². The Balaban J connectivity index is 2.02. The van der Waals surface area contributed by atoms with E-state index in [9.17, 15) is 15.3 Å². The van der Waals surface area contributed by atoms with Crippen molar-refractivity contribution in [2.45, 2.75) is 30.6 Å². The zero-order valence-electron chi connectivity index (χ0n) is 11.0. The van der Waals surface area contributed by atoms with E-state index in [4.69, 9.17) is 14.6 Å². The molecule has 20 heavy (non-hydrogen) atoms. The molecule has 5 N–H and O–H groups in total. The third-order valence-electron chi connectivity index (χ3n) is 3.27. The highest BCUT2D eigenvalue weighted by Crippen LogP contribution is 2.26. The number of aliphatic hydroxyl groups excluding tert-OH is 4. The number of benzene rings is 1. The highest BCUT2D eigenvalue weighted by Gasteiger charge is 2.45. The van der Waals surface area contributed by atoms with E-state index in [2.05, 4.69) is 5.32 Å². The maximum Gasteiger partial charge on any atom is 0.157 e. The second-order valence-electron chi connectivity index (χ2n) is 4.63. The second-order valence-corrected chi connectivity index (χ2v) is 4.63. The molecular formula is C13H19NO6. The highest BCUT2D eigenvalue weighted by atomic mass is 16.6. The van der Waals surface area contributed by atoms with Gasteiger partial charge in [-0.05, 0) is 24.3 Å². The highest BCUT2D eigenvalue weighted by molar-refractivity contribution is 5.47. The van der Waals surface area contributed by atoms with E-state index in [0.29, 0.717) is 11.4 Å². The first-order chi connectivity index (χ1) is 9.56. The summed E-state index contributed by atoms with van der Waals surface area (Å²) >= 11 is 0. The van der Waals surface area contributed by atoms with E-state index in [1.54, 1.807) is 31.4 Å². The standard InChI is InChI=1S/C13H19NO6/c1-19-8-4-2-7(3-5-8)14-13-11(18)10(17)12(20-13)9(16)6-15/h2-5,9-18H,6H2,1H3/t9-,10+,11-,12+,13-/m1/s1. The minimum atomic E-state index is -1.27. The second kappa shape index (κ2) is 6.38. The summed E-state index contributed by atoms with van der Waals surface area (Å²) in [6.07, 6.45) is -5.63. The van der Waals surface area contributed by atoms with E-state index in [1.165, 1.54) is 0 Å². The molecule has 0 bridgehead atoms. The maximum atomic E-state index is 9.88. The van der Waals surface area contributed by atoms with Crippen LogP contribution in [0.2, 0.25) is 0 Å². The maximum absolute atomic E-state index is 9.88. The summed E-state index contributed by atoms with van der Waals surface area (Å²) in [6.45, 7) is -0.552. The Kier molecular flexibility index (Phi) is 4.79. The molecule has 0 aliphatic carbocycles. The van der Waals surface area contributed by atoms with Crippen LogP contribution in [-0.4, -0.2) is 64.8 Å². The van der Waals surface area contributed by atoms with Crippen LogP contribution in [0.1, 0.15) is 0 Å². The Morgan fingerprint density at radius 3 is 2.45 bits per heavy atom. The molecule has 0 spiro atoms. The molecule has 0 radical (unpaired) electrons. The third kappa shape index (κ3) is 3.02. The third-order valence-corrected chi connectivity index (χ3v) is 3.27. The number of rotatable bonds is 5. The molecule has 1 saturated heterocycles. The van der Waals surface area contributed by atoms with Gasteiger partial charge in [-0.1, -0.05) is 0 Å². The van der Waals surface area contributed by atoms with Crippen molar-refractivity contribution >= 4 is 5.69 Å². The smallest absolute Gasteiger partial charge is 0.157 e. The molecule has 0 aromatic heterocycles. The first-order valence-electron chi connectivity index (χ1n) is 6.28. The lowest BCUT2D eigenvalue weighted by atomic mass is 10.1. The minimum absolute atomic E-state index is 0.552. The summed E-state index contributed by atoms with van der Waals surface area (Å²) in [6, 6.07) is 6.94. The number of aliphatic hydroxyl groups is 4. The molecule has 7 heteroatoms. The zero-order valence-corrected chi connectivity index (χ0v) is 11.0. The van der Waals surface area contributed by atoms with Gasteiger partial charge >= 0.3 is 0 Å². The molecule has 0 unspecified atom stereocenters. The lowest BCUT2D eigenvalue weighted by Crippen LogP contribution is -2.40. The van der Waals surface area contributed by atoms with Crippen LogP contribution >= 0.6 is 0 Å². The van der Waals surface area contributed by atoms with Gasteiger partial charge in [-0.25, -0.2) is 0 Å². The van der Waals surface area contributed by atoms with Crippen molar-refractivity contribution in [2.75, 3.05) is 19.0 Å². The van der Waals surface area contributed by atoms with Crippen LogP contribution in [-0.2, 0) is 4.74 Å². The fraction of sp³-hybridized carbons (Fsp3) is 0.538. The van der Waals surface area contributed by atoms with Gasteiger partial charge in [-0.15, -0.1) is 0 Å². The summed E-state index contributed by atoms with van der Waals surface area (Å²) in [7, 11) is 1.56. The molecular weight excluding hydrogens is 266 g/mol. The van der Waals surface area contributed by atoms with E-state index in [1.807, 2.05) is 0 Å². The fourth-order valence-corrected chi connectivity index (χ4v) is 2.10. The van der Waals surface area contributed by atoms with Crippen LogP contribution in [0.4, 0.5) is 5.69 Å². The van der Waals surface area contributed by atoms with Crippen molar-refractivity contribution in [3.8, 4) is 5.75 Å². The van der Waals surface area contributed by atoms with Gasteiger partial charge in [0.15, 0.2) is 6.23 Å². The summed E-state index contributed by atoms with van der Waals surface area (Å²) in [4.78, 5) is 0. The molecule has 1 fully saturated rings. The van der Waals surface area contributed by atoms with Crippen molar-refractivity contribution in [3.05, 3.63) is 24.3 Å². The number of nitrogens with one attached hydrogen (secondary N) is 1. The summed E-state index contributed by atoms with van der Waals surface area (Å²) in [5.41, 5.74) is 0.668. The predicted molar refractivity (Wildman–Crippen MR) is 70.4 cm³/mol. The first kappa shape index (κ1) is 15.0. The van der Waals surface area contributed by atoms with Crippen LogP contribution in [0.5, 0.6) is 5.75 Å². The molecule has 1 aromatic rings. The van der Waals surface area contributed by atoms with Crippen molar-refractivity contribution in [2.24, 2.45) is 0 Å². The van der Waals surface area contributed by atoms with Crippen LogP contribution in [0.25, 0.3) is 0 Å². The lowest BCUT2D eigenvalue weighted by Gasteiger charge is -2.19. The predicted octanol–water partition coefficient (Wildman–Crippen LogP) is -1.09. The van der Waals surface area contributed by atoms with Gasteiger partial charge in [0, 0.05) is 5.69 Å². The molecule has 1 aliphatic rings. The van der Waals surface area contributed by atoms with Crippen molar-refractivity contribution < 1.29 is 29.9 Å². The molecule has 1 aliphatic heterocycles. The molecule has 5 atom stereocenters. The first-order valence-corrected chi connectivity index (χ1v) is 6.28. The Morgan fingerprint density at radius 2 is 1.90 bits per heavy atom.